The third kappa shape index (κ3) is 2.63. The summed E-state index contributed by atoms with van der Waals surface area (Å²) < 4.78 is 4.32. The van der Waals surface area contributed by atoms with Gasteiger partial charge in [-0.1, -0.05) is 0 Å². The third-order valence-electron chi connectivity index (χ3n) is 6.25. The molecule has 2 aliphatic carbocycles. The molecule has 2 saturated carbocycles. The summed E-state index contributed by atoms with van der Waals surface area (Å²) in [6.07, 6.45) is 14.0. The van der Waals surface area contributed by atoms with E-state index in [0.717, 1.165) is 41.3 Å². The molecule has 2 unspecified atom stereocenters. The summed E-state index contributed by atoms with van der Waals surface area (Å²) in [6, 6.07) is 2.35. The lowest BCUT2D eigenvalue weighted by Gasteiger charge is -2.14. The fourth-order valence-electron chi connectivity index (χ4n) is 4.76. The molecule has 0 bridgehead atoms. The lowest BCUT2D eigenvalue weighted by atomic mass is 9.95. The summed E-state index contributed by atoms with van der Waals surface area (Å²) in [5.74, 6) is 3.27. The number of nitrogens with one attached hydrogen (secondary N) is 1. The second kappa shape index (κ2) is 6.39. The number of aromatic nitrogens is 8. The summed E-state index contributed by atoms with van der Waals surface area (Å²) >= 11 is 0. The molecule has 2 aliphatic rings. The van der Waals surface area contributed by atoms with Crippen LogP contribution in [0.15, 0.2) is 42.7 Å². The van der Waals surface area contributed by atoms with Gasteiger partial charge in [-0.05, 0) is 56.7 Å². The van der Waals surface area contributed by atoms with E-state index in [4.69, 9.17) is 0 Å². The Kier molecular flexibility index (Phi) is 3.67. The molecule has 4 heterocycles. The lowest BCUT2D eigenvalue weighted by molar-refractivity contribution is 0.436. The van der Waals surface area contributed by atoms with Gasteiger partial charge in [0.2, 0.25) is 0 Å². The molecule has 0 spiro atoms. The molecule has 4 aromatic heterocycles. The molecule has 0 aliphatic heterocycles. The van der Waals surface area contributed by atoms with Crippen LogP contribution in [-0.4, -0.2) is 39.3 Å². The number of allylic oxidation sites excluding steroid dienone is 1. The highest BCUT2D eigenvalue weighted by Crippen LogP contribution is 2.48. The molecule has 6 rings (SSSR count). The standard InChI is InChI=1S/C21H22N8/c1-2-3-4-14-9-15(29-20(13-5-6-13)24-12-25-29)10-16(14)21-27-26-18-11-23-19-17(28(18)21)7-8-22-19/h2,4,7-8,11-16,22H,5-6,9-10H2,1H3/t3?,14?,15?,16-/m0/s1. The SMILES string of the molecule is CC=C=CC1CC(n2ncnc2C2CC2)C[C@@H]1c1nnc2cnc3[nH]ccc3n12. The van der Waals surface area contributed by atoms with Gasteiger partial charge in [-0.15, -0.1) is 15.9 Å². The summed E-state index contributed by atoms with van der Waals surface area (Å²) in [5, 5.41) is 13.6. The van der Waals surface area contributed by atoms with Crippen LogP contribution < -0.4 is 0 Å². The highest BCUT2D eigenvalue weighted by atomic mass is 15.4. The lowest BCUT2D eigenvalue weighted by Crippen LogP contribution is -2.11. The Bertz CT molecular complexity index is 1250. The Balaban J connectivity index is 1.45. The molecule has 8 heteroatoms. The van der Waals surface area contributed by atoms with E-state index in [1.54, 1.807) is 12.5 Å². The summed E-state index contributed by atoms with van der Waals surface area (Å²) in [6.45, 7) is 2.00. The minimum absolute atomic E-state index is 0.235. The van der Waals surface area contributed by atoms with E-state index in [-0.39, 0.29) is 5.92 Å². The van der Waals surface area contributed by atoms with Crippen LogP contribution in [0.3, 0.4) is 0 Å². The molecule has 4 aromatic rings. The van der Waals surface area contributed by atoms with Gasteiger partial charge in [0.1, 0.15) is 18.0 Å². The van der Waals surface area contributed by atoms with Crippen molar-refractivity contribution >= 4 is 16.8 Å². The molecule has 8 nitrogen and oxygen atoms in total. The van der Waals surface area contributed by atoms with Crippen LogP contribution in [0.5, 0.6) is 0 Å². The average Bonchev–Trinajstić information content (AvgIpc) is 3.17. The van der Waals surface area contributed by atoms with Gasteiger partial charge >= 0.3 is 0 Å². The Morgan fingerprint density at radius 1 is 1.17 bits per heavy atom. The first-order valence-electron chi connectivity index (χ1n) is 10.3. The minimum atomic E-state index is 0.235. The maximum atomic E-state index is 4.61. The van der Waals surface area contributed by atoms with Gasteiger partial charge in [-0.25, -0.2) is 14.6 Å². The van der Waals surface area contributed by atoms with Crippen LogP contribution in [0.2, 0.25) is 0 Å². The van der Waals surface area contributed by atoms with E-state index in [1.807, 2.05) is 25.3 Å². The number of hydrogen-bond acceptors (Lipinski definition) is 5. The zero-order chi connectivity index (χ0) is 19.4. The van der Waals surface area contributed by atoms with Crippen LogP contribution in [0.1, 0.15) is 62.1 Å². The van der Waals surface area contributed by atoms with Crippen molar-refractivity contribution in [3.8, 4) is 0 Å². The normalized spacial score (nSPS) is 24.2. The van der Waals surface area contributed by atoms with Crippen molar-refractivity contribution in [2.45, 2.75) is 50.5 Å². The maximum Gasteiger partial charge on any atom is 0.179 e. The van der Waals surface area contributed by atoms with Gasteiger partial charge in [-0.2, -0.15) is 5.10 Å². The molecular formula is C21H22N8. The maximum absolute atomic E-state index is 4.61. The molecule has 29 heavy (non-hydrogen) atoms. The molecule has 146 valence electrons. The molecule has 2 fully saturated rings. The van der Waals surface area contributed by atoms with E-state index in [1.165, 1.54) is 12.8 Å². The van der Waals surface area contributed by atoms with Gasteiger partial charge in [0.05, 0.1) is 17.8 Å². The molecular weight excluding hydrogens is 364 g/mol. The number of fused-ring (bicyclic) bond motifs is 3. The summed E-state index contributed by atoms with van der Waals surface area (Å²) in [5.41, 5.74) is 5.95. The molecule has 1 N–H and O–H groups in total. The zero-order valence-corrected chi connectivity index (χ0v) is 16.2. The van der Waals surface area contributed by atoms with Crippen LogP contribution in [-0.2, 0) is 0 Å². The van der Waals surface area contributed by atoms with Crippen molar-refractivity contribution < 1.29 is 0 Å². The van der Waals surface area contributed by atoms with Gasteiger partial charge in [-0.3, -0.25) is 4.40 Å². The van der Waals surface area contributed by atoms with Crippen LogP contribution >= 0.6 is 0 Å². The molecule has 0 aromatic carbocycles. The van der Waals surface area contributed by atoms with E-state index in [2.05, 4.69) is 51.1 Å². The quantitative estimate of drug-likeness (QED) is 0.542. The molecule has 0 saturated heterocycles. The first kappa shape index (κ1) is 16.7. The molecule has 0 amide bonds. The monoisotopic (exact) mass is 386 g/mol. The van der Waals surface area contributed by atoms with Crippen molar-refractivity contribution in [1.29, 1.82) is 0 Å². The van der Waals surface area contributed by atoms with Gasteiger partial charge in [0.25, 0.3) is 0 Å². The van der Waals surface area contributed by atoms with E-state index >= 15 is 0 Å². The first-order valence-corrected chi connectivity index (χ1v) is 10.3. The molecule has 0 radical (unpaired) electrons. The Labute approximate surface area is 167 Å². The van der Waals surface area contributed by atoms with Crippen molar-refractivity contribution in [2.24, 2.45) is 5.92 Å². The average molecular weight is 386 g/mol. The van der Waals surface area contributed by atoms with E-state index in [9.17, 15) is 0 Å². The van der Waals surface area contributed by atoms with Crippen molar-refractivity contribution in [2.75, 3.05) is 0 Å². The summed E-state index contributed by atoms with van der Waals surface area (Å²) in [4.78, 5) is 12.2. The topological polar surface area (TPSA) is 89.6 Å². The minimum Gasteiger partial charge on any atom is -0.345 e. The van der Waals surface area contributed by atoms with Crippen LogP contribution in [0, 0.1) is 5.92 Å². The number of rotatable bonds is 4. The Hall–Kier alpha value is -3.25. The number of aromatic amines is 1. The largest absolute Gasteiger partial charge is 0.345 e. The number of H-pyrrole nitrogens is 1. The fourth-order valence-corrected chi connectivity index (χ4v) is 4.76. The second-order valence-electron chi connectivity index (χ2n) is 8.08. The van der Waals surface area contributed by atoms with E-state index in [0.29, 0.717) is 17.9 Å². The molecule has 3 atom stereocenters. The van der Waals surface area contributed by atoms with Crippen molar-refractivity contribution in [1.82, 2.24) is 39.3 Å². The number of hydrogen-bond donors (Lipinski definition) is 1. The van der Waals surface area contributed by atoms with Crippen molar-refractivity contribution in [3.05, 3.63) is 54.3 Å². The third-order valence-corrected chi connectivity index (χ3v) is 6.25. The first-order chi connectivity index (χ1) is 14.3. The highest BCUT2D eigenvalue weighted by Gasteiger charge is 2.40. The Morgan fingerprint density at radius 3 is 2.97 bits per heavy atom. The van der Waals surface area contributed by atoms with Gasteiger partial charge < -0.3 is 4.98 Å². The Morgan fingerprint density at radius 2 is 2.10 bits per heavy atom. The van der Waals surface area contributed by atoms with E-state index < -0.39 is 0 Å². The van der Waals surface area contributed by atoms with Crippen molar-refractivity contribution in [3.63, 3.8) is 0 Å². The predicted molar refractivity (Wildman–Crippen MR) is 107 cm³/mol. The second-order valence-corrected chi connectivity index (χ2v) is 8.08. The van der Waals surface area contributed by atoms with Gasteiger partial charge in [0.15, 0.2) is 11.3 Å². The predicted octanol–water partition coefficient (Wildman–Crippen LogP) is 3.54. The van der Waals surface area contributed by atoms with Crippen LogP contribution in [0.25, 0.3) is 16.8 Å². The number of nitrogens with zero attached hydrogens (tertiary/aromatic N) is 7. The van der Waals surface area contributed by atoms with Crippen LogP contribution in [0.4, 0.5) is 0 Å². The van der Waals surface area contributed by atoms with Gasteiger partial charge in [0, 0.05) is 18.0 Å². The zero-order valence-electron chi connectivity index (χ0n) is 16.2. The smallest absolute Gasteiger partial charge is 0.179 e. The highest BCUT2D eigenvalue weighted by molar-refractivity contribution is 5.74. The summed E-state index contributed by atoms with van der Waals surface area (Å²) in [7, 11) is 0. The fraction of sp³-hybridized carbons (Fsp3) is 0.429.